The molecule has 5 nitrogen and oxygen atoms in total. The molecule has 0 bridgehead atoms. The molecule has 5 heteroatoms. The number of esters is 1. The van der Waals surface area contributed by atoms with Gasteiger partial charge in [0, 0.05) is 19.6 Å². The SMILES string of the molecule is COC(=O)CC1C(=O)NCCN1CC1CCCC1. The van der Waals surface area contributed by atoms with Crippen molar-refractivity contribution < 1.29 is 14.3 Å². The number of piperazine rings is 1. The minimum absolute atomic E-state index is 0.0374. The molecular formula is C13H22N2O3. The second kappa shape index (κ2) is 6.18. The lowest BCUT2D eigenvalue weighted by atomic mass is 10.0. The standard InChI is InChI=1S/C13H22N2O3/c1-18-12(16)8-11-13(17)14-6-7-15(11)9-10-4-2-3-5-10/h10-11H,2-9H2,1H3,(H,14,17). The first-order chi connectivity index (χ1) is 8.70. The number of hydrogen-bond donors (Lipinski definition) is 1. The number of methoxy groups -OCH3 is 1. The van der Waals surface area contributed by atoms with Gasteiger partial charge in [-0.1, -0.05) is 12.8 Å². The highest BCUT2D eigenvalue weighted by Crippen LogP contribution is 2.26. The number of nitrogens with zero attached hydrogens (tertiary/aromatic N) is 1. The Morgan fingerprint density at radius 3 is 2.83 bits per heavy atom. The Kier molecular flexibility index (Phi) is 4.58. The topological polar surface area (TPSA) is 58.6 Å². The minimum Gasteiger partial charge on any atom is -0.469 e. The monoisotopic (exact) mass is 254 g/mol. The van der Waals surface area contributed by atoms with Crippen LogP contribution in [0.15, 0.2) is 0 Å². The lowest BCUT2D eigenvalue weighted by Gasteiger charge is -2.36. The van der Waals surface area contributed by atoms with Crippen LogP contribution in [0.3, 0.4) is 0 Å². The summed E-state index contributed by atoms with van der Waals surface area (Å²) in [4.78, 5) is 25.4. The summed E-state index contributed by atoms with van der Waals surface area (Å²) in [6.45, 7) is 2.46. The van der Waals surface area contributed by atoms with E-state index in [2.05, 4.69) is 15.0 Å². The molecule has 1 atom stereocenters. The van der Waals surface area contributed by atoms with Gasteiger partial charge in [-0.2, -0.15) is 0 Å². The van der Waals surface area contributed by atoms with E-state index in [0.29, 0.717) is 12.5 Å². The number of ether oxygens (including phenoxy) is 1. The number of carbonyl (C=O) groups excluding carboxylic acids is 2. The van der Waals surface area contributed by atoms with Crippen molar-refractivity contribution in [3.05, 3.63) is 0 Å². The number of carbonyl (C=O) groups is 2. The van der Waals surface area contributed by atoms with Crippen LogP contribution in [0.4, 0.5) is 0 Å². The highest BCUT2D eigenvalue weighted by atomic mass is 16.5. The molecule has 18 heavy (non-hydrogen) atoms. The molecule has 1 aliphatic carbocycles. The normalized spacial score (nSPS) is 26.1. The lowest BCUT2D eigenvalue weighted by molar-refractivity contribution is -0.146. The molecule has 1 N–H and O–H groups in total. The third-order valence-electron chi connectivity index (χ3n) is 4.00. The van der Waals surface area contributed by atoms with E-state index in [-0.39, 0.29) is 24.3 Å². The maximum absolute atomic E-state index is 11.9. The fourth-order valence-corrected chi connectivity index (χ4v) is 2.97. The van der Waals surface area contributed by atoms with Crippen molar-refractivity contribution in [1.82, 2.24) is 10.2 Å². The van der Waals surface area contributed by atoms with E-state index in [9.17, 15) is 9.59 Å². The van der Waals surface area contributed by atoms with Gasteiger partial charge in [-0.3, -0.25) is 14.5 Å². The summed E-state index contributed by atoms with van der Waals surface area (Å²) < 4.78 is 4.67. The highest BCUT2D eigenvalue weighted by molar-refractivity contribution is 5.87. The van der Waals surface area contributed by atoms with Gasteiger partial charge in [0.2, 0.25) is 5.91 Å². The Morgan fingerprint density at radius 1 is 1.44 bits per heavy atom. The Balaban J connectivity index is 1.95. The van der Waals surface area contributed by atoms with Crippen molar-refractivity contribution in [3.8, 4) is 0 Å². The van der Waals surface area contributed by atoms with Gasteiger partial charge in [0.25, 0.3) is 0 Å². The van der Waals surface area contributed by atoms with Crippen LogP contribution in [-0.2, 0) is 14.3 Å². The molecule has 102 valence electrons. The second-order valence-corrected chi connectivity index (χ2v) is 5.23. The number of nitrogens with one attached hydrogen (secondary N) is 1. The third-order valence-corrected chi connectivity index (χ3v) is 4.00. The summed E-state index contributed by atoms with van der Waals surface area (Å²) in [5.41, 5.74) is 0. The summed E-state index contributed by atoms with van der Waals surface area (Å²) in [6, 6.07) is -0.341. The molecular weight excluding hydrogens is 232 g/mol. The Morgan fingerprint density at radius 2 is 2.17 bits per heavy atom. The van der Waals surface area contributed by atoms with E-state index in [0.717, 1.165) is 13.1 Å². The first kappa shape index (κ1) is 13.3. The average Bonchev–Trinajstić information content (AvgIpc) is 2.86. The molecule has 0 aromatic carbocycles. The second-order valence-electron chi connectivity index (χ2n) is 5.23. The zero-order valence-electron chi connectivity index (χ0n) is 11.0. The summed E-state index contributed by atoms with van der Waals surface area (Å²) in [5.74, 6) is 0.342. The van der Waals surface area contributed by atoms with E-state index in [1.165, 1.54) is 32.8 Å². The average molecular weight is 254 g/mol. The molecule has 1 saturated heterocycles. The molecule has 0 spiro atoms. The predicted octanol–water partition coefficient (Wildman–Crippen LogP) is 0.540. The van der Waals surface area contributed by atoms with Crippen LogP contribution in [0.25, 0.3) is 0 Å². The van der Waals surface area contributed by atoms with Crippen molar-refractivity contribution in [2.45, 2.75) is 38.1 Å². The van der Waals surface area contributed by atoms with Gasteiger partial charge in [-0.25, -0.2) is 0 Å². The molecule has 0 aromatic heterocycles. The van der Waals surface area contributed by atoms with Crippen LogP contribution in [0.5, 0.6) is 0 Å². The van der Waals surface area contributed by atoms with Gasteiger partial charge in [0.15, 0.2) is 0 Å². The van der Waals surface area contributed by atoms with Crippen LogP contribution in [0.1, 0.15) is 32.1 Å². The minimum atomic E-state index is -0.341. The first-order valence-electron chi connectivity index (χ1n) is 6.79. The third kappa shape index (κ3) is 3.22. The largest absolute Gasteiger partial charge is 0.469 e. The molecule has 1 aliphatic heterocycles. The van der Waals surface area contributed by atoms with E-state index in [4.69, 9.17) is 0 Å². The van der Waals surface area contributed by atoms with Gasteiger partial charge < -0.3 is 10.1 Å². The molecule has 0 aromatic rings. The van der Waals surface area contributed by atoms with Gasteiger partial charge in [-0.05, 0) is 18.8 Å². The van der Waals surface area contributed by atoms with Crippen molar-refractivity contribution in [3.63, 3.8) is 0 Å². The van der Waals surface area contributed by atoms with E-state index < -0.39 is 0 Å². The van der Waals surface area contributed by atoms with Crippen LogP contribution in [0, 0.1) is 5.92 Å². The van der Waals surface area contributed by atoms with E-state index in [1.54, 1.807) is 0 Å². The van der Waals surface area contributed by atoms with E-state index in [1.807, 2.05) is 0 Å². The lowest BCUT2D eigenvalue weighted by Crippen LogP contribution is -2.56. The summed E-state index contributed by atoms with van der Waals surface area (Å²) >= 11 is 0. The quantitative estimate of drug-likeness (QED) is 0.744. The van der Waals surface area contributed by atoms with Crippen LogP contribution < -0.4 is 5.32 Å². The Bertz CT molecular complexity index is 313. The van der Waals surface area contributed by atoms with Crippen molar-refractivity contribution in [2.75, 3.05) is 26.7 Å². The van der Waals surface area contributed by atoms with Crippen molar-refractivity contribution in [1.29, 1.82) is 0 Å². The molecule has 2 aliphatic rings. The number of hydrogen-bond acceptors (Lipinski definition) is 4. The fraction of sp³-hybridized carbons (Fsp3) is 0.846. The zero-order valence-corrected chi connectivity index (χ0v) is 11.0. The van der Waals surface area contributed by atoms with Gasteiger partial charge >= 0.3 is 5.97 Å². The number of amides is 1. The smallest absolute Gasteiger partial charge is 0.307 e. The molecule has 0 radical (unpaired) electrons. The van der Waals surface area contributed by atoms with Gasteiger partial charge in [0.1, 0.15) is 0 Å². The van der Waals surface area contributed by atoms with E-state index >= 15 is 0 Å². The van der Waals surface area contributed by atoms with Crippen LogP contribution >= 0.6 is 0 Å². The molecule has 2 fully saturated rings. The summed E-state index contributed by atoms with van der Waals surface area (Å²) in [5, 5.41) is 2.83. The molecule has 1 amide bonds. The zero-order chi connectivity index (χ0) is 13.0. The van der Waals surface area contributed by atoms with Gasteiger partial charge in [-0.15, -0.1) is 0 Å². The summed E-state index contributed by atoms with van der Waals surface area (Å²) in [6.07, 6.45) is 5.26. The fourth-order valence-electron chi connectivity index (χ4n) is 2.97. The van der Waals surface area contributed by atoms with Crippen LogP contribution in [0.2, 0.25) is 0 Å². The first-order valence-corrected chi connectivity index (χ1v) is 6.79. The highest BCUT2D eigenvalue weighted by Gasteiger charge is 2.33. The van der Waals surface area contributed by atoms with Crippen LogP contribution in [-0.4, -0.2) is 49.6 Å². The van der Waals surface area contributed by atoms with Crippen molar-refractivity contribution in [2.24, 2.45) is 5.92 Å². The predicted molar refractivity (Wildman–Crippen MR) is 67.0 cm³/mol. The van der Waals surface area contributed by atoms with Gasteiger partial charge in [0.05, 0.1) is 19.6 Å². The summed E-state index contributed by atoms with van der Waals surface area (Å²) in [7, 11) is 1.37. The molecule has 1 heterocycles. The maximum atomic E-state index is 11.9. The molecule has 1 unspecified atom stereocenters. The molecule has 1 saturated carbocycles. The molecule has 2 rings (SSSR count). The number of rotatable bonds is 4. The maximum Gasteiger partial charge on any atom is 0.307 e. The van der Waals surface area contributed by atoms with Crippen molar-refractivity contribution >= 4 is 11.9 Å². The Hall–Kier alpha value is -1.10. The Labute approximate surface area is 108 Å².